The minimum absolute atomic E-state index is 0.234. The first kappa shape index (κ1) is 14.4. The van der Waals surface area contributed by atoms with Crippen LogP contribution in [0.15, 0.2) is 23.0 Å². The molecule has 1 fully saturated rings. The van der Waals surface area contributed by atoms with Crippen LogP contribution in [0, 0.1) is 0 Å². The molecule has 0 aromatic carbocycles. The van der Waals surface area contributed by atoms with E-state index in [1.54, 1.807) is 19.4 Å². The van der Waals surface area contributed by atoms with Crippen molar-refractivity contribution in [2.45, 2.75) is 25.1 Å². The number of carbonyl (C=O) groups excluding carboxylic acids is 1. The van der Waals surface area contributed by atoms with Crippen LogP contribution >= 0.6 is 0 Å². The maximum Gasteiger partial charge on any atom is 0.326 e. The molecule has 0 saturated carbocycles. The molecule has 2 amide bonds. The van der Waals surface area contributed by atoms with E-state index < -0.39 is 12.0 Å². The van der Waals surface area contributed by atoms with Gasteiger partial charge in [0.15, 0.2) is 0 Å². The first-order chi connectivity index (χ1) is 9.52. The summed E-state index contributed by atoms with van der Waals surface area (Å²) in [5.41, 5.74) is 0.857. The Hall–Kier alpha value is -2.02. The van der Waals surface area contributed by atoms with E-state index in [4.69, 9.17) is 9.15 Å². The second-order valence-electron chi connectivity index (χ2n) is 4.87. The number of hydrogen-bond acceptors (Lipinski definition) is 4. The molecule has 0 spiro atoms. The lowest BCUT2D eigenvalue weighted by Crippen LogP contribution is -2.46. The van der Waals surface area contributed by atoms with Crippen LogP contribution in [0.4, 0.5) is 4.79 Å². The predicted molar refractivity (Wildman–Crippen MR) is 69.1 cm³/mol. The number of carbonyl (C=O) groups is 2. The Labute approximate surface area is 116 Å². The molecule has 2 rings (SSSR count). The second-order valence-corrected chi connectivity index (χ2v) is 4.87. The number of aliphatic carboxylic acids is 1. The zero-order valence-corrected chi connectivity index (χ0v) is 11.5. The molecule has 1 aromatic heterocycles. The minimum atomic E-state index is -1.00. The fourth-order valence-corrected chi connectivity index (χ4v) is 2.36. The van der Waals surface area contributed by atoms with E-state index in [2.05, 4.69) is 0 Å². The number of urea groups is 1. The predicted octanol–water partition coefficient (Wildman–Crippen LogP) is 1.01. The number of nitrogens with zero attached hydrogens (tertiary/aromatic N) is 2. The summed E-state index contributed by atoms with van der Waals surface area (Å²) in [4.78, 5) is 26.4. The number of carboxylic acid groups (broad SMARTS) is 1. The van der Waals surface area contributed by atoms with Crippen LogP contribution in [0.25, 0.3) is 0 Å². The van der Waals surface area contributed by atoms with Crippen LogP contribution in [0.2, 0.25) is 0 Å². The molecule has 2 heterocycles. The van der Waals surface area contributed by atoms with Gasteiger partial charge in [-0.3, -0.25) is 0 Å². The van der Waals surface area contributed by atoms with Crippen molar-refractivity contribution in [3.8, 4) is 0 Å². The van der Waals surface area contributed by atoms with Crippen molar-refractivity contribution < 1.29 is 23.8 Å². The van der Waals surface area contributed by atoms with E-state index in [-0.39, 0.29) is 12.1 Å². The highest BCUT2D eigenvalue weighted by Gasteiger charge is 2.40. The fourth-order valence-electron chi connectivity index (χ4n) is 2.36. The topological polar surface area (TPSA) is 83.2 Å². The third-order valence-electron chi connectivity index (χ3n) is 3.45. The summed E-state index contributed by atoms with van der Waals surface area (Å²) in [6, 6.07) is 0.609. The van der Waals surface area contributed by atoms with E-state index in [1.807, 2.05) is 0 Å². The van der Waals surface area contributed by atoms with Gasteiger partial charge in [-0.1, -0.05) is 0 Å². The van der Waals surface area contributed by atoms with Gasteiger partial charge in [0.1, 0.15) is 6.04 Å². The summed E-state index contributed by atoms with van der Waals surface area (Å²) < 4.78 is 10.1. The van der Waals surface area contributed by atoms with Crippen molar-refractivity contribution in [1.82, 2.24) is 9.80 Å². The van der Waals surface area contributed by atoms with Gasteiger partial charge in [0.2, 0.25) is 0 Å². The maximum absolute atomic E-state index is 12.4. The standard InChI is InChI=1S/C13H18N2O5/c1-14(6-9-3-4-20-8-9)13(18)15-7-10(19-2)5-11(15)12(16)17/h3-4,8,10-11H,5-7H2,1-2H3,(H,16,17). The zero-order chi connectivity index (χ0) is 14.7. The third kappa shape index (κ3) is 2.93. The number of carboxylic acids is 1. The molecule has 1 aliphatic heterocycles. The minimum Gasteiger partial charge on any atom is -0.480 e. The van der Waals surface area contributed by atoms with Crippen LogP contribution in [0.1, 0.15) is 12.0 Å². The lowest BCUT2D eigenvalue weighted by atomic mass is 10.2. The number of hydrogen-bond donors (Lipinski definition) is 1. The van der Waals surface area contributed by atoms with E-state index in [9.17, 15) is 14.7 Å². The van der Waals surface area contributed by atoms with Gasteiger partial charge < -0.3 is 24.1 Å². The van der Waals surface area contributed by atoms with E-state index in [0.29, 0.717) is 19.5 Å². The van der Waals surface area contributed by atoms with Crippen molar-refractivity contribution in [3.05, 3.63) is 24.2 Å². The van der Waals surface area contributed by atoms with E-state index in [1.165, 1.54) is 23.2 Å². The van der Waals surface area contributed by atoms with Gasteiger partial charge in [0.05, 0.1) is 25.2 Å². The lowest BCUT2D eigenvalue weighted by molar-refractivity contribution is -0.141. The number of methoxy groups -OCH3 is 1. The Morgan fingerprint density at radius 2 is 2.35 bits per heavy atom. The third-order valence-corrected chi connectivity index (χ3v) is 3.45. The molecule has 0 radical (unpaired) electrons. The maximum atomic E-state index is 12.4. The van der Waals surface area contributed by atoms with Gasteiger partial charge in [0.25, 0.3) is 0 Å². The molecule has 20 heavy (non-hydrogen) atoms. The molecular formula is C13H18N2O5. The first-order valence-electron chi connectivity index (χ1n) is 6.31. The van der Waals surface area contributed by atoms with Crippen molar-refractivity contribution in [1.29, 1.82) is 0 Å². The number of ether oxygens (including phenoxy) is 1. The van der Waals surface area contributed by atoms with Crippen molar-refractivity contribution in [3.63, 3.8) is 0 Å². The van der Waals surface area contributed by atoms with Gasteiger partial charge in [-0.15, -0.1) is 0 Å². The first-order valence-corrected chi connectivity index (χ1v) is 6.31. The van der Waals surface area contributed by atoms with Crippen LogP contribution < -0.4 is 0 Å². The second kappa shape index (κ2) is 5.96. The molecule has 2 atom stereocenters. The molecule has 1 N–H and O–H groups in total. The van der Waals surface area contributed by atoms with Crippen molar-refractivity contribution in [2.75, 3.05) is 20.7 Å². The molecule has 1 aromatic rings. The highest BCUT2D eigenvalue weighted by atomic mass is 16.5. The SMILES string of the molecule is COC1CC(C(=O)O)N(C(=O)N(C)Cc2ccoc2)C1. The average molecular weight is 282 g/mol. The Bertz CT molecular complexity index is 473. The van der Waals surface area contributed by atoms with Gasteiger partial charge in [0, 0.05) is 32.7 Å². The van der Waals surface area contributed by atoms with Gasteiger partial charge in [-0.05, 0) is 6.07 Å². The summed E-state index contributed by atoms with van der Waals surface area (Å²) >= 11 is 0. The number of amides is 2. The normalized spacial score (nSPS) is 22.0. The smallest absolute Gasteiger partial charge is 0.326 e. The van der Waals surface area contributed by atoms with Crippen LogP contribution in [-0.2, 0) is 16.1 Å². The molecule has 1 saturated heterocycles. The molecule has 2 unspecified atom stereocenters. The van der Waals surface area contributed by atoms with E-state index in [0.717, 1.165) is 5.56 Å². The molecule has 110 valence electrons. The summed E-state index contributed by atoms with van der Waals surface area (Å²) in [6.07, 6.45) is 3.17. The van der Waals surface area contributed by atoms with Crippen molar-refractivity contribution >= 4 is 12.0 Å². The summed E-state index contributed by atoms with van der Waals surface area (Å²) in [6.45, 7) is 0.665. The molecular weight excluding hydrogens is 264 g/mol. The highest BCUT2D eigenvalue weighted by Crippen LogP contribution is 2.22. The van der Waals surface area contributed by atoms with Crippen LogP contribution in [0.5, 0.6) is 0 Å². The Balaban J connectivity index is 2.04. The average Bonchev–Trinajstić information content (AvgIpc) is 3.06. The molecule has 0 aliphatic carbocycles. The van der Waals surface area contributed by atoms with E-state index >= 15 is 0 Å². The van der Waals surface area contributed by atoms with Crippen LogP contribution in [0.3, 0.4) is 0 Å². The summed E-state index contributed by atoms with van der Waals surface area (Å²) in [5, 5.41) is 9.20. The molecule has 0 bridgehead atoms. The van der Waals surface area contributed by atoms with Gasteiger partial charge in [-0.25, -0.2) is 9.59 Å². The fraction of sp³-hybridized carbons (Fsp3) is 0.538. The molecule has 7 heteroatoms. The zero-order valence-electron chi connectivity index (χ0n) is 11.5. The number of likely N-dealkylation sites (tertiary alicyclic amines) is 1. The monoisotopic (exact) mass is 282 g/mol. The van der Waals surface area contributed by atoms with Crippen LogP contribution in [-0.4, -0.2) is 59.8 Å². The summed E-state index contributed by atoms with van der Waals surface area (Å²) in [7, 11) is 3.15. The highest BCUT2D eigenvalue weighted by molar-refractivity contribution is 5.83. The quantitative estimate of drug-likeness (QED) is 0.891. The number of rotatable bonds is 4. The lowest BCUT2D eigenvalue weighted by Gasteiger charge is -2.27. The Morgan fingerprint density at radius 1 is 1.60 bits per heavy atom. The number of furan rings is 1. The van der Waals surface area contributed by atoms with Crippen molar-refractivity contribution in [2.24, 2.45) is 0 Å². The van der Waals surface area contributed by atoms with Gasteiger partial charge >= 0.3 is 12.0 Å². The van der Waals surface area contributed by atoms with Gasteiger partial charge in [-0.2, -0.15) is 0 Å². The largest absolute Gasteiger partial charge is 0.480 e. The Morgan fingerprint density at radius 3 is 2.90 bits per heavy atom. The summed E-state index contributed by atoms with van der Waals surface area (Å²) in [5.74, 6) is -1.00. The Kier molecular flexibility index (Phi) is 4.29. The molecule has 1 aliphatic rings. The molecule has 7 nitrogen and oxygen atoms in total.